The second-order valence-corrected chi connectivity index (χ2v) is 7.52. The molecule has 156 valence electrons. The summed E-state index contributed by atoms with van der Waals surface area (Å²) in [6.07, 6.45) is 1.86. The van der Waals surface area contributed by atoms with Crippen molar-refractivity contribution >= 4 is 24.5 Å². The van der Waals surface area contributed by atoms with Gasteiger partial charge in [0.15, 0.2) is 6.04 Å². The molecule has 2 atom stereocenters. The number of carboxylic acid groups (broad SMARTS) is 1. The maximum Gasteiger partial charge on any atom is 0.334 e. The van der Waals surface area contributed by atoms with Crippen LogP contribution in [0.4, 0.5) is 0 Å². The lowest BCUT2D eigenvalue weighted by Gasteiger charge is -2.18. The first-order valence-corrected chi connectivity index (χ1v) is 10.5. The summed E-state index contributed by atoms with van der Waals surface area (Å²) in [4.78, 5) is 24.5. The van der Waals surface area contributed by atoms with Crippen LogP contribution in [0.3, 0.4) is 0 Å². The van der Waals surface area contributed by atoms with Crippen molar-refractivity contribution in [3.63, 3.8) is 0 Å². The van der Waals surface area contributed by atoms with Crippen molar-refractivity contribution < 1.29 is 19.1 Å². The fourth-order valence-corrected chi connectivity index (χ4v) is 3.60. The summed E-state index contributed by atoms with van der Waals surface area (Å²) < 4.78 is 5.74. The summed E-state index contributed by atoms with van der Waals surface area (Å²) in [5.74, 6) is -0.703. The lowest BCUT2D eigenvalue weighted by atomic mass is 9.99. The zero-order valence-corrected chi connectivity index (χ0v) is 17.4. The topological polar surface area (TPSA) is 79.5 Å². The summed E-state index contributed by atoms with van der Waals surface area (Å²) in [5, 5.41) is 12.3. The van der Waals surface area contributed by atoms with Crippen LogP contribution in [-0.2, 0) is 22.4 Å². The molecule has 0 saturated heterocycles. The van der Waals surface area contributed by atoms with E-state index in [-0.39, 0.29) is 11.7 Å². The second kappa shape index (κ2) is 10.7. The Morgan fingerprint density at radius 1 is 0.933 bits per heavy atom. The normalized spacial score (nSPS) is 12.8. The third-order valence-corrected chi connectivity index (χ3v) is 5.38. The average Bonchev–Trinajstić information content (AvgIpc) is 3.21. The molecule has 1 heterocycles. The molecule has 2 aromatic carbocycles. The highest BCUT2D eigenvalue weighted by atomic mass is 32.1. The highest BCUT2D eigenvalue weighted by Crippen LogP contribution is 2.21. The monoisotopic (exact) mass is 423 g/mol. The van der Waals surface area contributed by atoms with Crippen LogP contribution in [0.15, 0.2) is 77.2 Å². The van der Waals surface area contributed by atoms with Gasteiger partial charge in [-0.1, -0.05) is 60.7 Å². The summed E-state index contributed by atoms with van der Waals surface area (Å²) >= 11 is 4.29. The van der Waals surface area contributed by atoms with E-state index in [1.165, 1.54) is 0 Å². The molecule has 1 aromatic heterocycles. The molecule has 5 nitrogen and oxygen atoms in total. The van der Waals surface area contributed by atoms with Crippen molar-refractivity contribution in [3.05, 3.63) is 95.4 Å². The van der Waals surface area contributed by atoms with Gasteiger partial charge in [0.05, 0.1) is 0 Å². The number of hydrogen-bond donors (Lipinski definition) is 3. The Hall–Kier alpha value is -2.99. The molecule has 0 fully saturated rings. The Balaban J connectivity index is 1.64. The van der Waals surface area contributed by atoms with Gasteiger partial charge in [-0.25, -0.2) is 4.79 Å². The van der Waals surface area contributed by atoms with Crippen LogP contribution >= 0.6 is 12.6 Å². The number of nitrogens with one attached hydrogen (secondary N) is 1. The molecule has 0 aliphatic carbocycles. The molecule has 0 bridgehead atoms. The van der Waals surface area contributed by atoms with E-state index >= 15 is 0 Å². The molecule has 6 heteroatoms. The number of aliphatic carboxylic acids is 1. The summed E-state index contributed by atoms with van der Waals surface area (Å²) in [5.41, 5.74) is 2.19. The van der Waals surface area contributed by atoms with Crippen LogP contribution in [0.2, 0.25) is 0 Å². The number of aryl methyl sites for hydroxylation is 1. The SMILES string of the molecule is O=C(NC(C(=O)O)c1ccc(Cc2ccccc2)o1)C(CS)CCc1ccccc1. The van der Waals surface area contributed by atoms with E-state index in [9.17, 15) is 14.7 Å². The van der Waals surface area contributed by atoms with Gasteiger partial charge in [0.2, 0.25) is 5.91 Å². The molecule has 2 unspecified atom stereocenters. The molecule has 0 radical (unpaired) electrons. The third kappa shape index (κ3) is 6.00. The summed E-state index contributed by atoms with van der Waals surface area (Å²) in [7, 11) is 0. The third-order valence-electron chi connectivity index (χ3n) is 4.94. The number of furan rings is 1. The van der Waals surface area contributed by atoms with Gasteiger partial charge < -0.3 is 14.8 Å². The lowest BCUT2D eigenvalue weighted by molar-refractivity contribution is -0.143. The fourth-order valence-electron chi connectivity index (χ4n) is 3.25. The number of hydrogen-bond acceptors (Lipinski definition) is 4. The predicted octanol–water partition coefficient (Wildman–Crippen LogP) is 4.29. The first-order valence-electron chi connectivity index (χ1n) is 9.87. The Morgan fingerprint density at radius 2 is 1.57 bits per heavy atom. The molecule has 0 saturated carbocycles. The van der Waals surface area contributed by atoms with Gasteiger partial charge >= 0.3 is 5.97 Å². The van der Waals surface area contributed by atoms with Gasteiger partial charge in [-0.2, -0.15) is 12.6 Å². The van der Waals surface area contributed by atoms with E-state index in [1.807, 2.05) is 60.7 Å². The van der Waals surface area contributed by atoms with Crippen molar-refractivity contribution in [2.75, 3.05) is 5.75 Å². The largest absolute Gasteiger partial charge is 0.479 e. The molecule has 3 rings (SSSR count). The van der Waals surface area contributed by atoms with Gasteiger partial charge in [-0.05, 0) is 36.1 Å². The molecule has 2 N–H and O–H groups in total. The Bertz CT molecular complexity index is 956. The molecule has 0 aliphatic rings. The quantitative estimate of drug-likeness (QED) is 0.425. The zero-order chi connectivity index (χ0) is 21.3. The van der Waals surface area contributed by atoms with E-state index in [0.29, 0.717) is 24.4 Å². The number of thiol groups is 1. The molecule has 0 aliphatic heterocycles. The van der Waals surface area contributed by atoms with E-state index in [0.717, 1.165) is 17.5 Å². The highest BCUT2D eigenvalue weighted by molar-refractivity contribution is 7.80. The molecule has 30 heavy (non-hydrogen) atoms. The van der Waals surface area contributed by atoms with Crippen LogP contribution in [0.1, 0.15) is 35.1 Å². The van der Waals surface area contributed by atoms with Crippen molar-refractivity contribution in [2.24, 2.45) is 5.92 Å². The number of benzene rings is 2. The minimum atomic E-state index is -1.24. The Labute approximate surface area is 181 Å². The van der Waals surface area contributed by atoms with E-state index < -0.39 is 17.9 Å². The number of carboxylic acids is 1. The van der Waals surface area contributed by atoms with Crippen LogP contribution in [0.25, 0.3) is 0 Å². The van der Waals surface area contributed by atoms with E-state index in [2.05, 4.69) is 17.9 Å². The van der Waals surface area contributed by atoms with Crippen molar-refractivity contribution in [1.82, 2.24) is 5.32 Å². The smallest absolute Gasteiger partial charge is 0.334 e. The number of carbonyl (C=O) groups excluding carboxylic acids is 1. The van der Waals surface area contributed by atoms with Crippen LogP contribution in [0.5, 0.6) is 0 Å². The first kappa shape index (κ1) is 21.7. The van der Waals surface area contributed by atoms with Crippen LogP contribution in [0, 0.1) is 5.92 Å². The van der Waals surface area contributed by atoms with Crippen LogP contribution < -0.4 is 5.32 Å². The maximum atomic E-state index is 12.7. The number of carbonyl (C=O) groups is 2. The summed E-state index contributed by atoms with van der Waals surface area (Å²) in [6.45, 7) is 0. The van der Waals surface area contributed by atoms with Crippen molar-refractivity contribution in [1.29, 1.82) is 0 Å². The average molecular weight is 424 g/mol. The lowest BCUT2D eigenvalue weighted by Crippen LogP contribution is -2.38. The molecular weight excluding hydrogens is 398 g/mol. The second-order valence-electron chi connectivity index (χ2n) is 7.15. The standard InChI is InChI=1S/C24H25NO4S/c26-23(19(16-30)12-11-17-7-3-1-4-8-17)25-22(24(27)28)21-14-13-20(29-21)15-18-9-5-2-6-10-18/h1-10,13-14,19,22,30H,11-12,15-16H2,(H,25,26)(H,27,28). The van der Waals surface area contributed by atoms with Crippen LogP contribution in [-0.4, -0.2) is 22.7 Å². The van der Waals surface area contributed by atoms with Gasteiger partial charge in [-0.15, -0.1) is 0 Å². The highest BCUT2D eigenvalue weighted by Gasteiger charge is 2.28. The van der Waals surface area contributed by atoms with Crippen molar-refractivity contribution in [3.8, 4) is 0 Å². The van der Waals surface area contributed by atoms with Gasteiger partial charge in [-0.3, -0.25) is 4.79 Å². The minimum Gasteiger partial charge on any atom is -0.479 e. The Kier molecular flexibility index (Phi) is 7.74. The van der Waals surface area contributed by atoms with Gasteiger partial charge in [0.1, 0.15) is 11.5 Å². The summed E-state index contributed by atoms with van der Waals surface area (Å²) in [6, 6.07) is 21.7. The zero-order valence-electron chi connectivity index (χ0n) is 16.5. The fraction of sp³-hybridized carbons (Fsp3) is 0.250. The van der Waals surface area contributed by atoms with Crippen molar-refractivity contribution in [2.45, 2.75) is 25.3 Å². The molecular formula is C24H25NO4S. The first-order chi connectivity index (χ1) is 14.6. The van der Waals surface area contributed by atoms with Gasteiger partial charge in [0, 0.05) is 18.1 Å². The molecule has 1 amide bonds. The van der Waals surface area contributed by atoms with E-state index in [4.69, 9.17) is 4.42 Å². The van der Waals surface area contributed by atoms with E-state index in [1.54, 1.807) is 12.1 Å². The van der Waals surface area contributed by atoms with Gasteiger partial charge in [0.25, 0.3) is 0 Å². The molecule has 0 spiro atoms. The minimum absolute atomic E-state index is 0.211. The maximum absolute atomic E-state index is 12.7. The number of amides is 1. The Morgan fingerprint density at radius 3 is 2.17 bits per heavy atom. The number of rotatable bonds is 10. The molecule has 3 aromatic rings. The predicted molar refractivity (Wildman–Crippen MR) is 119 cm³/mol.